The lowest BCUT2D eigenvalue weighted by Crippen LogP contribution is -2.38. The number of piperidine rings is 1. The zero-order valence-electron chi connectivity index (χ0n) is 19.1. The number of nitro groups is 1. The molecule has 3 aromatic rings. The van der Waals surface area contributed by atoms with Crippen LogP contribution < -0.4 is 11.2 Å². The van der Waals surface area contributed by atoms with Gasteiger partial charge in [-0.3, -0.25) is 19.8 Å². The van der Waals surface area contributed by atoms with Crippen molar-refractivity contribution in [2.24, 2.45) is 5.10 Å². The fourth-order valence-corrected chi connectivity index (χ4v) is 3.81. The monoisotopic (exact) mass is 504 g/mol. The van der Waals surface area contributed by atoms with Crippen molar-refractivity contribution in [3.05, 3.63) is 51.3 Å². The fourth-order valence-electron chi connectivity index (χ4n) is 3.81. The molecule has 1 aliphatic heterocycles. The molecule has 0 saturated carbocycles. The van der Waals surface area contributed by atoms with Gasteiger partial charge in [0.15, 0.2) is 5.69 Å². The highest BCUT2D eigenvalue weighted by atomic mass is 35.5. The van der Waals surface area contributed by atoms with Gasteiger partial charge in [0, 0.05) is 30.3 Å². The zero-order valence-corrected chi connectivity index (χ0v) is 19.9. The summed E-state index contributed by atoms with van der Waals surface area (Å²) in [6, 6.07) is 6.29. The summed E-state index contributed by atoms with van der Waals surface area (Å²) in [7, 11) is 0. The summed E-state index contributed by atoms with van der Waals surface area (Å²) in [5, 5.41) is 30.6. The van der Waals surface area contributed by atoms with Gasteiger partial charge in [0.2, 0.25) is 11.6 Å². The van der Waals surface area contributed by atoms with Gasteiger partial charge >= 0.3 is 0 Å². The number of anilines is 1. The fraction of sp³-hybridized carbons (Fsp3) is 0.400. The highest BCUT2D eigenvalue weighted by Gasteiger charge is 2.28. The molecule has 1 aromatic carbocycles. The first-order valence-corrected chi connectivity index (χ1v) is 10.7. The number of amides is 1. The highest BCUT2D eigenvalue weighted by Crippen LogP contribution is 2.23. The van der Waals surface area contributed by atoms with Crippen LogP contribution in [0.1, 0.15) is 54.9 Å². The molecule has 1 unspecified atom stereocenters. The lowest BCUT2D eigenvalue weighted by molar-refractivity contribution is -0.384. The SMILES string of the molecule is C/C(=N/NC(=O)c1nnn(-c2nonc2N)c1CN1CCCCC1C)c1cccc([N+](=O)[O-])c1.Cl. The number of non-ortho nitro benzene ring substituents is 1. The highest BCUT2D eigenvalue weighted by molar-refractivity contribution is 6.01. The molecule has 0 spiro atoms. The van der Waals surface area contributed by atoms with Crippen molar-refractivity contribution in [2.45, 2.75) is 45.7 Å². The van der Waals surface area contributed by atoms with Crippen molar-refractivity contribution >= 4 is 35.5 Å². The van der Waals surface area contributed by atoms with Gasteiger partial charge in [0.1, 0.15) is 0 Å². The molecule has 2 aromatic heterocycles. The van der Waals surface area contributed by atoms with Crippen LogP contribution in [0.25, 0.3) is 5.82 Å². The third-order valence-electron chi connectivity index (χ3n) is 5.77. The topological polar surface area (TPSA) is 183 Å². The molecule has 35 heavy (non-hydrogen) atoms. The summed E-state index contributed by atoms with van der Waals surface area (Å²) in [5.74, 6) is -0.433. The molecule has 0 aliphatic carbocycles. The number of carbonyl (C=O) groups excluding carboxylic acids is 1. The normalized spacial score (nSPS) is 16.5. The molecular weight excluding hydrogens is 480 g/mol. The van der Waals surface area contributed by atoms with Crippen molar-refractivity contribution in [1.82, 2.24) is 35.6 Å². The lowest BCUT2D eigenvalue weighted by Gasteiger charge is -2.33. The summed E-state index contributed by atoms with van der Waals surface area (Å²) >= 11 is 0. The van der Waals surface area contributed by atoms with Crippen molar-refractivity contribution in [1.29, 1.82) is 0 Å². The van der Waals surface area contributed by atoms with E-state index in [4.69, 9.17) is 10.4 Å². The Hall–Kier alpha value is -3.91. The number of benzene rings is 1. The van der Waals surface area contributed by atoms with E-state index >= 15 is 0 Å². The lowest BCUT2D eigenvalue weighted by atomic mass is 10.0. The van der Waals surface area contributed by atoms with Gasteiger partial charge in [0.05, 0.1) is 16.3 Å². The summed E-state index contributed by atoms with van der Waals surface area (Å²) in [4.78, 5) is 25.8. The Labute approximate surface area is 206 Å². The number of rotatable bonds is 7. The Balaban J connectivity index is 0.00000342. The van der Waals surface area contributed by atoms with Crippen molar-refractivity contribution < 1.29 is 14.3 Å². The van der Waals surface area contributed by atoms with E-state index in [1.165, 1.54) is 16.8 Å². The van der Waals surface area contributed by atoms with E-state index in [2.05, 4.69) is 43.0 Å². The molecule has 1 amide bonds. The number of hydrogen-bond donors (Lipinski definition) is 2. The number of nitro benzene ring substituents is 1. The second-order valence-electron chi connectivity index (χ2n) is 8.03. The van der Waals surface area contributed by atoms with Gasteiger partial charge in [-0.05, 0) is 43.5 Å². The van der Waals surface area contributed by atoms with Gasteiger partial charge in [-0.15, -0.1) is 17.5 Å². The van der Waals surface area contributed by atoms with Gasteiger partial charge in [-0.2, -0.15) is 9.78 Å². The molecule has 4 rings (SSSR count). The summed E-state index contributed by atoms with van der Waals surface area (Å²) in [6.07, 6.45) is 3.24. The predicted octanol–water partition coefficient (Wildman–Crippen LogP) is 2.09. The molecule has 1 fully saturated rings. The molecular formula is C20H25ClN10O4. The molecule has 0 radical (unpaired) electrons. The van der Waals surface area contributed by atoms with E-state index < -0.39 is 10.8 Å². The largest absolute Gasteiger partial charge is 0.378 e. The van der Waals surface area contributed by atoms with Crippen molar-refractivity contribution in [3.8, 4) is 5.82 Å². The van der Waals surface area contributed by atoms with Gasteiger partial charge in [-0.1, -0.05) is 23.8 Å². The molecule has 1 saturated heterocycles. The average Bonchev–Trinajstić information content (AvgIpc) is 3.44. The maximum atomic E-state index is 13.0. The maximum absolute atomic E-state index is 13.0. The Morgan fingerprint density at radius 3 is 2.86 bits per heavy atom. The number of nitrogen functional groups attached to an aromatic ring is 1. The summed E-state index contributed by atoms with van der Waals surface area (Å²) in [5.41, 5.74) is 9.65. The van der Waals surface area contributed by atoms with Gasteiger partial charge in [0.25, 0.3) is 11.6 Å². The maximum Gasteiger partial charge on any atom is 0.293 e. The number of likely N-dealkylation sites (tertiary alicyclic amines) is 1. The van der Waals surface area contributed by atoms with Crippen molar-refractivity contribution in [3.63, 3.8) is 0 Å². The third kappa shape index (κ3) is 5.60. The molecule has 3 heterocycles. The number of nitrogens with zero attached hydrogens (tertiary/aromatic N) is 8. The Morgan fingerprint density at radius 2 is 2.17 bits per heavy atom. The average molecular weight is 505 g/mol. The minimum atomic E-state index is -0.592. The molecule has 15 heteroatoms. The van der Waals surface area contributed by atoms with Gasteiger partial charge in [-0.25, -0.2) is 10.1 Å². The van der Waals surface area contributed by atoms with Crippen molar-refractivity contribution in [2.75, 3.05) is 12.3 Å². The van der Waals surface area contributed by atoms with E-state index in [0.717, 1.165) is 25.8 Å². The predicted molar refractivity (Wildman–Crippen MR) is 127 cm³/mol. The number of hydrogen-bond acceptors (Lipinski definition) is 11. The second kappa shape index (κ2) is 11.0. The molecule has 186 valence electrons. The van der Waals surface area contributed by atoms with Crippen LogP contribution in [0.2, 0.25) is 0 Å². The summed E-state index contributed by atoms with van der Waals surface area (Å²) in [6.45, 7) is 5.01. The first-order chi connectivity index (χ1) is 16.3. The minimum Gasteiger partial charge on any atom is -0.378 e. The molecule has 1 aliphatic rings. The molecule has 14 nitrogen and oxygen atoms in total. The van der Waals surface area contributed by atoms with E-state index in [9.17, 15) is 14.9 Å². The van der Waals surface area contributed by atoms with Crippen LogP contribution in [0, 0.1) is 10.1 Å². The van der Waals surface area contributed by atoms with Gasteiger partial charge < -0.3 is 5.73 Å². The molecule has 0 bridgehead atoms. The number of aromatic nitrogens is 5. The number of hydrazone groups is 1. The number of halogens is 1. The smallest absolute Gasteiger partial charge is 0.293 e. The van der Waals surface area contributed by atoms with Crippen LogP contribution in [-0.2, 0) is 6.54 Å². The standard InChI is InChI=1S/C20H24N10O4.ClH/c1-12-6-3-4-9-28(12)11-16-17(23-27-29(16)19-18(21)25-34-26-19)20(31)24-22-13(2)14-7-5-8-15(10-14)30(32)33;/h5,7-8,10,12H,3-4,6,9,11H2,1-2H3,(H2,21,25)(H,24,31);1H/b22-13-;. The quantitative estimate of drug-likeness (QED) is 0.274. The number of carbonyl (C=O) groups is 1. The molecule has 3 N–H and O–H groups in total. The molecule has 1 atom stereocenters. The Kier molecular flexibility index (Phi) is 8.09. The summed E-state index contributed by atoms with van der Waals surface area (Å²) < 4.78 is 6.04. The first kappa shape index (κ1) is 25.7. The van der Waals surface area contributed by atoms with Crippen LogP contribution in [0.15, 0.2) is 34.0 Å². The number of nitrogens with two attached hydrogens (primary N) is 1. The van der Waals surface area contributed by atoms with Crippen LogP contribution in [0.5, 0.6) is 0 Å². The first-order valence-electron chi connectivity index (χ1n) is 10.7. The van der Waals surface area contributed by atoms with Crippen LogP contribution in [0.4, 0.5) is 11.5 Å². The second-order valence-corrected chi connectivity index (χ2v) is 8.03. The van der Waals surface area contributed by atoms with E-state index in [-0.39, 0.29) is 35.4 Å². The van der Waals surface area contributed by atoms with Crippen LogP contribution in [0.3, 0.4) is 0 Å². The third-order valence-corrected chi connectivity index (χ3v) is 5.77. The van der Waals surface area contributed by atoms with Crippen LogP contribution >= 0.6 is 12.4 Å². The van der Waals surface area contributed by atoms with E-state index in [1.54, 1.807) is 19.1 Å². The minimum absolute atomic E-state index is 0. The van der Waals surface area contributed by atoms with E-state index in [1.807, 2.05) is 0 Å². The number of nitrogens with one attached hydrogen (secondary N) is 1. The van der Waals surface area contributed by atoms with Crippen LogP contribution in [-0.4, -0.2) is 59.3 Å². The van der Waals surface area contributed by atoms with E-state index in [0.29, 0.717) is 29.6 Å². The Morgan fingerprint density at radius 1 is 1.37 bits per heavy atom. The zero-order chi connectivity index (χ0) is 24.2. The Bertz CT molecular complexity index is 1240.